The van der Waals surface area contributed by atoms with E-state index >= 15 is 0 Å². The normalized spacial score (nSPS) is 9.71. The Bertz CT molecular complexity index is 327. The van der Waals surface area contributed by atoms with Gasteiger partial charge < -0.3 is 9.80 Å². The standard InChI is InChI=1S/C12H18N2/c1-6-10-9-11(13(2)3)7-8-12(10)14(4)5/h6-9H,1H2,2-5H3. The van der Waals surface area contributed by atoms with Crippen LogP contribution in [0, 0.1) is 0 Å². The van der Waals surface area contributed by atoms with Crippen LogP contribution in [0.4, 0.5) is 11.4 Å². The molecular formula is C12H18N2. The van der Waals surface area contributed by atoms with Crippen LogP contribution in [0.5, 0.6) is 0 Å². The van der Waals surface area contributed by atoms with Crippen LogP contribution in [0.1, 0.15) is 5.56 Å². The molecular weight excluding hydrogens is 172 g/mol. The smallest absolute Gasteiger partial charge is 0.0435 e. The van der Waals surface area contributed by atoms with Crippen molar-refractivity contribution in [3.63, 3.8) is 0 Å². The fourth-order valence-corrected chi connectivity index (χ4v) is 1.39. The summed E-state index contributed by atoms with van der Waals surface area (Å²) in [6, 6.07) is 6.37. The van der Waals surface area contributed by atoms with Crippen molar-refractivity contribution in [2.45, 2.75) is 0 Å². The summed E-state index contributed by atoms with van der Waals surface area (Å²) in [6.07, 6.45) is 1.89. The van der Waals surface area contributed by atoms with Gasteiger partial charge in [-0.15, -0.1) is 0 Å². The molecule has 0 saturated heterocycles. The average Bonchev–Trinajstić information content (AvgIpc) is 2.16. The number of hydrogen-bond acceptors (Lipinski definition) is 2. The van der Waals surface area contributed by atoms with Crippen molar-refractivity contribution >= 4 is 17.5 Å². The van der Waals surface area contributed by atoms with Gasteiger partial charge in [-0.2, -0.15) is 0 Å². The van der Waals surface area contributed by atoms with E-state index in [1.165, 1.54) is 16.9 Å². The van der Waals surface area contributed by atoms with Gasteiger partial charge in [-0.25, -0.2) is 0 Å². The lowest BCUT2D eigenvalue weighted by atomic mass is 10.1. The van der Waals surface area contributed by atoms with E-state index in [-0.39, 0.29) is 0 Å². The van der Waals surface area contributed by atoms with E-state index < -0.39 is 0 Å². The topological polar surface area (TPSA) is 6.48 Å². The third kappa shape index (κ3) is 2.08. The minimum atomic E-state index is 1.17. The third-order valence-corrected chi connectivity index (χ3v) is 2.23. The molecule has 0 unspecified atom stereocenters. The Morgan fingerprint density at radius 3 is 2.14 bits per heavy atom. The van der Waals surface area contributed by atoms with Crippen LogP contribution in [0.2, 0.25) is 0 Å². The van der Waals surface area contributed by atoms with E-state index in [1.807, 2.05) is 34.3 Å². The van der Waals surface area contributed by atoms with Gasteiger partial charge in [0.05, 0.1) is 0 Å². The van der Waals surface area contributed by atoms with Gasteiger partial charge in [-0.1, -0.05) is 12.7 Å². The van der Waals surface area contributed by atoms with E-state index in [0.717, 1.165) is 0 Å². The molecule has 0 heterocycles. The van der Waals surface area contributed by atoms with E-state index in [9.17, 15) is 0 Å². The molecule has 2 heteroatoms. The van der Waals surface area contributed by atoms with Crippen LogP contribution in [-0.4, -0.2) is 28.2 Å². The molecule has 0 fully saturated rings. The van der Waals surface area contributed by atoms with E-state index in [1.54, 1.807) is 0 Å². The first kappa shape index (κ1) is 10.6. The first-order valence-electron chi connectivity index (χ1n) is 4.67. The van der Waals surface area contributed by atoms with Crippen molar-refractivity contribution in [2.75, 3.05) is 38.0 Å². The molecule has 1 aromatic carbocycles. The average molecular weight is 190 g/mol. The van der Waals surface area contributed by atoms with Crippen molar-refractivity contribution in [3.8, 4) is 0 Å². The van der Waals surface area contributed by atoms with Gasteiger partial charge in [0.25, 0.3) is 0 Å². The number of benzene rings is 1. The highest BCUT2D eigenvalue weighted by Crippen LogP contribution is 2.24. The fraction of sp³-hybridized carbons (Fsp3) is 0.333. The van der Waals surface area contributed by atoms with Crippen molar-refractivity contribution in [3.05, 3.63) is 30.3 Å². The molecule has 0 radical (unpaired) electrons. The van der Waals surface area contributed by atoms with Gasteiger partial charge in [0.1, 0.15) is 0 Å². The van der Waals surface area contributed by atoms with Crippen LogP contribution >= 0.6 is 0 Å². The highest BCUT2D eigenvalue weighted by Gasteiger charge is 2.03. The summed E-state index contributed by atoms with van der Waals surface area (Å²) in [4.78, 5) is 4.18. The fourth-order valence-electron chi connectivity index (χ4n) is 1.39. The molecule has 0 aliphatic carbocycles. The van der Waals surface area contributed by atoms with Crippen LogP contribution in [0.15, 0.2) is 24.8 Å². The van der Waals surface area contributed by atoms with Gasteiger partial charge in [0.2, 0.25) is 0 Å². The minimum absolute atomic E-state index is 1.17. The van der Waals surface area contributed by atoms with Crippen molar-refractivity contribution in [2.24, 2.45) is 0 Å². The van der Waals surface area contributed by atoms with E-state index in [4.69, 9.17) is 0 Å². The lowest BCUT2D eigenvalue weighted by Gasteiger charge is -2.19. The van der Waals surface area contributed by atoms with Gasteiger partial charge in [0, 0.05) is 39.6 Å². The maximum Gasteiger partial charge on any atom is 0.0435 e. The molecule has 0 atom stereocenters. The zero-order chi connectivity index (χ0) is 10.7. The van der Waals surface area contributed by atoms with Gasteiger partial charge in [-0.05, 0) is 23.8 Å². The second-order valence-corrected chi connectivity index (χ2v) is 3.74. The summed E-state index contributed by atoms with van der Waals surface area (Å²) in [5.74, 6) is 0. The summed E-state index contributed by atoms with van der Waals surface area (Å²) in [5.41, 5.74) is 3.57. The predicted molar refractivity (Wildman–Crippen MR) is 65.2 cm³/mol. The Morgan fingerprint density at radius 1 is 1.07 bits per heavy atom. The molecule has 0 N–H and O–H groups in total. The molecule has 0 aliphatic rings. The summed E-state index contributed by atoms with van der Waals surface area (Å²) < 4.78 is 0. The van der Waals surface area contributed by atoms with Crippen molar-refractivity contribution in [1.29, 1.82) is 0 Å². The summed E-state index contributed by atoms with van der Waals surface area (Å²) in [7, 11) is 8.16. The number of hydrogen-bond donors (Lipinski definition) is 0. The van der Waals surface area contributed by atoms with Gasteiger partial charge in [0.15, 0.2) is 0 Å². The Morgan fingerprint density at radius 2 is 1.71 bits per heavy atom. The molecule has 1 rings (SSSR count). The lowest BCUT2D eigenvalue weighted by Crippen LogP contribution is -2.12. The quantitative estimate of drug-likeness (QED) is 0.722. The van der Waals surface area contributed by atoms with Crippen LogP contribution in [-0.2, 0) is 0 Å². The van der Waals surface area contributed by atoms with E-state index in [2.05, 4.69) is 34.6 Å². The van der Waals surface area contributed by atoms with Crippen molar-refractivity contribution in [1.82, 2.24) is 0 Å². The Hall–Kier alpha value is -1.44. The molecule has 76 valence electrons. The zero-order valence-electron chi connectivity index (χ0n) is 9.41. The molecule has 0 spiro atoms. The van der Waals surface area contributed by atoms with Crippen LogP contribution < -0.4 is 9.80 Å². The second-order valence-electron chi connectivity index (χ2n) is 3.74. The molecule has 0 bridgehead atoms. The van der Waals surface area contributed by atoms with E-state index in [0.29, 0.717) is 0 Å². The largest absolute Gasteiger partial charge is 0.378 e. The Labute approximate surface area is 86.5 Å². The first-order valence-corrected chi connectivity index (χ1v) is 4.67. The highest BCUT2D eigenvalue weighted by atomic mass is 15.1. The zero-order valence-corrected chi connectivity index (χ0v) is 9.41. The predicted octanol–water partition coefficient (Wildman–Crippen LogP) is 2.46. The first-order chi connectivity index (χ1) is 6.56. The summed E-state index contributed by atoms with van der Waals surface area (Å²) in [6.45, 7) is 3.83. The van der Waals surface area contributed by atoms with Crippen LogP contribution in [0.3, 0.4) is 0 Å². The van der Waals surface area contributed by atoms with Crippen LogP contribution in [0.25, 0.3) is 6.08 Å². The SMILES string of the molecule is C=Cc1cc(N(C)C)ccc1N(C)C. The summed E-state index contributed by atoms with van der Waals surface area (Å²) in [5, 5.41) is 0. The summed E-state index contributed by atoms with van der Waals surface area (Å²) >= 11 is 0. The molecule has 1 aromatic rings. The maximum absolute atomic E-state index is 3.83. The molecule has 0 aromatic heterocycles. The van der Waals surface area contributed by atoms with Gasteiger partial charge in [-0.3, -0.25) is 0 Å². The minimum Gasteiger partial charge on any atom is -0.378 e. The lowest BCUT2D eigenvalue weighted by molar-refractivity contribution is 1.11. The monoisotopic (exact) mass is 190 g/mol. The third-order valence-electron chi connectivity index (χ3n) is 2.23. The highest BCUT2D eigenvalue weighted by molar-refractivity contribution is 5.71. The number of nitrogens with zero attached hydrogens (tertiary/aromatic N) is 2. The second kappa shape index (κ2) is 4.18. The molecule has 0 amide bonds. The molecule has 14 heavy (non-hydrogen) atoms. The Kier molecular flexibility index (Phi) is 3.18. The molecule has 0 saturated carbocycles. The number of anilines is 2. The van der Waals surface area contributed by atoms with Gasteiger partial charge >= 0.3 is 0 Å². The maximum atomic E-state index is 3.83. The van der Waals surface area contributed by atoms with Crippen molar-refractivity contribution < 1.29 is 0 Å². The molecule has 2 nitrogen and oxygen atoms in total. The number of rotatable bonds is 3. The Balaban J connectivity index is 3.18. The molecule has 0 aliphatic heterocycles.